The van der Waals surface area contributed by atoms with Crippen LogP contribution in [-0.4, -0.2) is 33.7 Å². The molecule has 1 aromatic heterocycles. The van der Waals surface area contributed by atoms with E-state index < -0.39 is 0 Å². The van der Waals surface area contributed by atoms with Crippen LogP contribution >= 0.6 is 11.8 Å². The first-order valence-electron chi connectivity index (χ1n) is 6.78. The molecule has 0 aliphatic heterocycles. The third kappa shape index (κ3) is 2.88. The van der Waals surface area contributed by atoms with Gasteiger partial charge in [-0.1, -0.05) is 19.8 Å². The lowest BCUT2D eigenvalue weighted by Gasteiger charge is -2.26. The molecule has 1 amide bonds. The lowest BCUT2D eigenvalue weighted by Crippen LogP contribution is -2.38. The van der Waals surface area contributed by atoms with E-state index in [4.69, 9.17) is 5.73 Å². The molecule has 1 aliphatic rings. The number of aryl methyl sites for hydroxylation is 1. The summed E-state index contributed by atoms with van der Waals surface area (Å²) < 4.78 is 0.203. The maximum atomic E-state index is 12.1. The number of nitrogens with zero attached hydrogens (tertiary/aromatic N) is 1. The molecule has 4 N–H and O–H groups in total. The number of hydrogen-bond acceptors (Lipinski definition) is 4. The SMILES string of the molecule is CCc1[nH]nc(C(=O)NCC2(SC)CCCC2)c1N. The first kappa shape index (κ1) is 14.2. The second-order valence-corrected chi connectivity index (χ2v) is 6.37. The maximum absolute atomic E-state index is 12.1. The average Bonchev–Trinajstić information content (AvgIpc) is 3.03. The smallest absolute Gasteiger partial charge is 0.273 e. The van der Waals surface area contributed by atoms with Crippen LogP contribution in [-0.2, 0) is 6.42 Å². The van der Waals surface area contributed by atoms with Crippen molar-refractivity contribution < 1.29 is 4.79 Å². The number of rotatable bonds is 5. The third-order valence-electron chi connectivity index (χ3n) is 3.97. The van der Waals surface area contributed by atoms with Gasteiger partial charge in [-0.25, -0.2) is 0 Å². The number of carbonyl (C=O) groups excluding carboxylic acids is 1. The van der Waals surface area contributed by atoms with Crippen LogP contribution in [0.25, 0.3) is 0 Å². The van der Waals surface area contributed by atoms with Crippen LogP contribution in [0.3, 0.4) is 0 Å². The summed E-state index contributed by atoms with van der Waals surface area (Å²) in [7, 11) is 0. The number of aromatic amines is 1. The first-order valence-corrected chi connectivity index (χ1v) is 8.00. The fraction of sp³-hybridized carbons (Fsp3) is 0.692. The molecular weight excluding hydrogens is 260 g/mol. The van der Waals surface area contributed by atoms with E-state index in [0.29, 0.717) is 17.9 Å². The quantitative estimate of drug-likeness (QED) is 0.771. The number of nitrogens with one attached hydrogen (secondary N) is 2. The molecule has 1 aromatic rings. The summed E-state index contributed by atoms with van der Waals surface area (Å²) in [5, 5.41) is 9.82. The van der Waals surface area contributed by atoms with E-state index in [1.54, 1.807) is 0 Å². The highest BCUT2D eigenvalue weighted by molar-refractivity contribution is 8.00. The summed E-state index contributed by atoms with van der Waals surface area (Å²) >= 11 is 1.86. The molecule has 106 valence electrons. The molecule has 0 aromatic carbocycles. The van der Waals surface area contributed by atoms with Gasteiger partial charge in [-0.2, -0.15) is 16.9 Å². The van der Waals surface area contributed by atoms with Gasteiger partial charge in [-0.3, -0.25) is 9.89 Å². The number of anilines is 1. The Labute approximate surface area is 118 Å². The summed E-state index contributed by atoms with van der Waals surface area (Å²) in [4.78, 5) is 12.1. The van der Waals surface area contributed by atoms with E-state index in [0.717, 1.165) is 12.1 Å². The van der Waals surface area contributed by atoms with Crippen LogP contribution in [0.2, 0.25) is 0 Å². The van der Waals surface area contributed by atoms with Gasteiger partial charge in [0.05, 0.1) is 11.4 Å². The summed E-state index contributed by atoms with van der Waals surface area (Å²) in [6.07, 6.45) is 7.72. The van der Waals surface area contributed by atoms with Crippen molar-refractivity contribution in [3.63, 3.8) is 0 Å². The highest BCUT2D eigenvalue weighted by Crippen LogP contribution is 2.39. The monoisotopic (exact) mass is 282 g/mol. The lowest BCUT2D eigenvalue weighted by atomic mass is 10.1. The Morgan fingerprint density at radius 3 is 2.74 bits per heavy atom. The number of aromatic nitrogens is 2. The minimum absolute atomic E-state index is 0.172. The van der Waals surface area contributed by atoms with Crippen molar-refractivity contribution in [1.82, 2.24) is 15.5 Å². The Hall–Kier alpha value is -1.17. The van der Waals surface area contributed by atoms with Gasteiger partial charge in [-0.05, 0) is 25.5 Å². The first-order chi connectivity index (χ1) is 9.12. The molecule has 0 atom stereocenters. The van der Waals surface area contributed by atoms with Gasteiger partial charge in [0.2, 0.25) is 0 Å². The zero-order valence-corrected chi connectivity index (χ0v) is 12.4. The minimum atomic E-state index is -0.172. The van der Waals surface area contributed by atoms with Gasteiger partial charge >= 0.3 is 0 Å². The number of nitrogen functional groups attached to an aromatic ring is 1. The van der Waals surface area contributed by atoms with Gasteiger partial charge in [0.15, 0.2) is 5.69 Å². The second-order valence-electron chi connectivity index (χ2n) is 5.09. The fourth-order valence-electron chi connectivity index (χ4n) is 2.63. The Bertz CT molecular complexity index is 451. The number of hydrogen-bond donors (Lipinski definition) is 3. The standard InChI is InChI=1S/C13H22N4OS/c1-3-9-10(14)11(17-16-9)12(18)15-8-13(19-2)6-4-5-7-13/h3-8,14H2,1-2H3,(H,15,18)(H,16,17). The van der Waals surface area contributed by atoms with Gasteiger partial charge < -0.3 is 11.1 Å². The van der Waals surface area contributed by atoms with E-state index in [1.807, 2.05) is 18.7 Å². The molecule has 0 unspecified atom stereocenters. The topological polar surface area (TPSA) is 83.8 Å². The van der Waals surface area contributed by atoms with Gasteiger partial charge in [0.25, 0.3) is 5.91 Å². The minimum Gasteiger partial charge on any atom is -0.395 e. The molecule has 5 nitrogen and oxygen atoms in total. The van der Waals surface area contributed by atoms with Crippen molar-refractivity contribution in [3.8, 4) is 0 Å². The average molecular weight is 282 g/mol. The fourth-order valence-corrected chi connectivity index (χ4v) is 3.54. The summed E-state index contributed by atoms with van der Waals surface area (Å²) in [5.41, 5.74) is 7.53. The number of carbonyl (C=O) groups is 1. The van der Waals surface area contributed by atoms with Crippen LogP contribution in [0.4, 0.5) is 5.69 Å². The van der Waals surface area contributed by atoms with Crippen molar-refractivity contribution in [2.75, 3.05) is 18.5 Å². The van der Waals surface area contributed by atoms with E-state index in [2.05, 4.69) is 21.8 Å². The van der Waals surface area contributed by atoms with Gasteiger partial charge in [0.1, 0.15) is 0 Å². The lowest BCUT2D eigenvalue weighted by molar-refractivity contribution is 0.0945. The van der Waals surface area contributed by atoms with Crippen LogP contribution in [0, 0.1) is 0 Å². The molecule has 19 heavy (non-hydrogen) atoms. The van der Waals surface area contributed by atoms with E-state index >= 15 is 0 Å². The second kappa shape index (κ2) is 5.86. The zero-order chi connectivity index (χ0) is 13.9. The number of H-pyrrole nitrogens is 1. The molecule has 2 rings (SSSR count). The van der Waals surface area contributed by atoms with Crippen LogP contribution in [0.1, 0.15) is 48.8 Å². The third-order valence-corrected chi connectivity index (χ3v) is 5.39. The highest BCUT2D eigenvalue weighted by atomic mass is 32.2. The molecule has 6 heteroatoms. The summed E-state index contributed by atoms with van der Waals surface area (Å²) in [6, 6.07) is 0. The van der Waals surface area contributed by atoms with Crippen LogP contribution < -0.4 is 11.1 Å². The van der Waals surface area contributed by atoms with Gasteiger partial charge in [-0.15, -0.1) is 0 Å². The van der Waals surface area contributed by atoms with E-state index in [1.165, 1.54) is 25.7 Å². The van der Waals surface area contributed by atoms with E-state index in [9.17, 15) is 4.79 Å². The van der Waals surface area contributed by atoms with Crippen molar-refractivity contribution in [1.29, 1.82) is 0 Å². The van der Waals surface area contributed by atoms with E-state index in [-0.39, 0.29) is 10.7 Å². The highest BCUT2D eigenvalue weighted by Gasteiger charge is 2.33. The maximum Gasteiger partial charge on any atom is 0.273 e. The Morgan fingerprint density at radius 1 is 1.53 bits per heavy atom. The summed E-state index contributed by atoms with van der Waals surface area (Å²) in [6.45, 7) is 2.67. The Morgan fingerprint density at radius 2 is 2.21 bits per heavy atom. The molecule has 1 saturated carbocycles. The summed E-state index contributed by atoms with van der Waals surface area (Å²) in [5.74, 6) is -0.172. The van der Waals surface area contributed by atoms with Crippen molar-refractivity contribution >= 4 is 23.4 Å². The molecule has 1 aliphatic carbocycles. The molecule has 0 saturated heterocycles. The van der Waals surface area contributed by atoms with Crippen molar-refractivity contribution in [3.05, 3.63) is 11.4 Å². The van der Waals surface area contributed by atoms with Crippen LogP contribution in [0.15, 0.2) is 0 Å². The molecule has 0 spiro atoms. The largest absolute Gasteiger partial charge is 0.395 e. The molecular formula is C13H22N4OS. The number of amides is 1. The normalized spacial score (nSPS) is 17.6. The Balaban J connectivity index is 1.99. The molecule has 1 fully saturated rings. The van der Waals surface area contributed by atoms with Crippen molar-refractivity contribution in [2.24, 2.45) is 0 Å². The number of thioether (sulfide) groups is 1. The molecule has 1 heterocycles. The molecule has 0 radical (unpaired) electrons. The Kier molecular flexibility index (Phi) is 4.39. The molecule has 0 bridgehead atoms. The zero-order valence-electron chi connectivity index (χ0n) is 11.6. The number of nitrogens with two attached hydrogens (primary N) is 1. The predicted molar refractivity (Wildman–Crippen MR) is 79.4 cm³/mol. The predicted octanol–water partition coefficient (Wildman–Crippen LogP) is 1.96. The van der Waals surface area contributed by atoms with Gasteiger partial charge in [0, 0.05) is 11.3 Å². The van der Waals surface area contributed by atoms with Crippen LogP contribution in [0.5, 0.6) is 0 Å². The van der Waals surface area contributed by atoms with Crippen molar-refractivity contribution in [2.45, 2.75) is 43.8 Å².